The lowest BCUT2D eigenvalue weighted by Crippen LogP contribution is -2.46. The van der Waals surface area contributed by atoms with Crippen LogP contribution in [-0.4, -0.2) is 36.2 Å². The Bertz CT molecular complexity index is 428. The number of para-hydroxylation sites is 1. The number of hydrogen-bond donors (Lipinski definition) is 2. The van der Waals surface area contributed by atoms with Crippen molar-refractivity contribution in [3.63, 3.8) is 0 Å². The van der Waals surface area contributed by atoms with Crippen molar-refractivity contribution in [1.82, 2.24) is 10.2 Å². The van der Waals surface area contributed by atoms with Gasteiger partial charge in [0.25, 0.3) is 0 Å². The Labute approximate surface area is 138 Å². The summed E-state index contributed by atoms with van der Waals surface area (Å²) in [5.74, 6) is -0.335. The van der Waals surface area contributed by atoms with Crippen LogP contribution in [0.4, 0.5) is 4.39 Å². The highest BCUT2D eigenvalue weighted by atomic mass is 35.5. The standard InChI is InChI=1S/C15H23FN2O.2ClH/c1-3-11(2)14(18-9-7-17-8-10-18)12-5-4-6-13(16)15(12)19;;/h4-6,11,14,17,19H,3,7-10H2,1-2H3;2*1H/t11?,14-;;/m1../s1. The van der Waals surface area contributed by atoms with Gasteiger partial charge in [0.1, 0.15) is 0 Å². The lowest BCUT2D eigenvalue weighted by molar-refractivity contribution is 0.125. The molecule has 1 fully saturated rings. The molecule has 122 valence electrons. The van der Waals surface area contributed by atoms with Crippen LogP contribution in [0.25, 0.3) is 0 Å². The van der Waals surface area contributed by atoms with Gasteiger partial charge in [-0.05, 0) is 12.0 Å². The zero-order chi connectivity index (χ0) is 13.8. The maximum absolute atomic E-state index is 13.6. The summed E-state index contributed by atoms with van der Waals surface area (Å²) in [7, 11) is 0. The summed E-state index contributed by atoms with van der Waals surface area (Å²) in [5, 5.41) is 13.4. The molecule has 1 unspecified atom stereocenters. The molecule has 2 atom stereocenters. The third-order valence-electron chi connectivity index (χ3n) is 4.06. The predicted octanol–water partition coefficient (Wildman–Crippen LogP) is 3.37. The Morgan fingerprint density at radius 2 is 1.90 bits per heavy atom. The average Bonchev–Trinajstić information content (AvgIpc) is 2.44. The van der Waals surface area contributed by atoms with Crippen LogP contribution in [0, 0.1) is 11.7 Å². The van der Waals surface area contributed by atoms with Crippen LogP contribution in [0.15, 0.2) is 18.2 Å². The van der Waals surface area contributed by atoms with Gasteiger partial charge in [0.15, 0.2) is 11.6 Å². The molecule has 0 amide bonds. The van der Waals surface area contributed by atoms with Crippen LogP contribution in [0.2, 0.25) is 0 Å². The molecule has 1 saturated heterocycles. The molecule has 0 bridgehead atoms. The Hall–Kier alpha value is -0.550. The lowest BCUT2D eigenvalue weighted by atomic mass is 9.90. The van der Waals surface area contributed by atoms with Gasteiger partial charge in [-0.1, -0.05) is 32.4 Å². The largest absolute Gasteiger partial charge is 0.505 e. The van der Waals surface area contributed by atoms with E-state index in [0.717, 1.165) is 38.2 Å². The Morgan fingerprint density at radius 1 is 1.29 bits per heavy atom. The number of nitrogens with zero attached hydrogens (tertiary/aromatic N) is 1. The normalized spacial score (nSPS) is 18.2. The van der Waals surface area contributed by atoms with E-state index in [1.54, 1.807) is 6.07 Å². The molecule has 0 saturated carbocycles. The number of benzene rings is 1. The third-order valence-corrected chi connectivity index (χ3v) is 4.06. The number of phenolic OH excluding ortho intramolecular Hbond substituents is 1. The molecule has 3 nitrogen and oxygen atoms in total. The summed E-state index contributed by atoms with van der Waals surface area (Å²) in [6.07, 6.45) is 1.00. The number of nitrogens with one attached hydrogen (secondary N) is 1. The first kappa shape index (κ1) is 20.5. The van der Waals surface area contributed by atoms with E-state index in [4.69, 9.17) is 0 Å². The fourth-order valence-electron chi connectivity index (χ4n) is 2.82. The van der Waals surface area contributed by atoms with E-state index < -0.39 is 5.82 Å². The second-order valence-electron chi connectivity index (χ2n) is 5.29. The van der Waals surface area contributed by atoms with E-state index in [2.05, 4.69) is 24.1 Å². The summed E-state index contributed by atoms with van der Waals surface area (Å²) in [5.41, 5.74) is 0.719. The summed E-state index contributed by atoms with van der Waals surface area (Å²) >= 11 is 0. The Morgan fingerprint density at radius 3 is 2.48 bits per heavy atom. The second-order valence-corrected chi connectivity index (χ2v) is 5.29. The first-order valence-corrected chi connectivity index (χ1v) is 7.07. The first-order valence-electron chi connectivity index (χ1n) is 7.07. The molecule has 2 N–H and O–H groups in total. The van der Waals surface area contributed by atoms with Gasteiger partial charge in [-0.2, -0.15) is 0 Å². The van der Waals surface area contributed by atoms with Gasteiger partial charge in [-0.25, -0.2) is 4.39 Å². The van der Waals surface area contributed by atoms with Crippen molar-refractivity contribution in [2.75, 3.05) is 26.2 Å². The van der Waals surface area contributed by atoms with E-state index >= 15 is 0 Å². The van der Waals surface area contributed by atoms with E-state index in [1.807, 2.05) is 6.07 Å². The minimum absolute atomic E-state index is 0. The maximum atomic E-state index is 13.6. The van der Waals surface area contributed by atoms with Crippen molar-refractivity contribution >= 4 is 24.8 Å². The Balaban J connectivity index is 0.00000200. The van der Waals surface area contributed by atoms with Crippen molar-refractivity contribution < 1.29 is 9.50 Å². The maximum Gasteiger partial charge on any atom is 0.165 e. The van der Waals surface area contributed by atoms with E-state index in [1.165, 1.54) is 6.07 Å². The van der Waals surface area contributed by atoms with Crippen molar-refractivity contribution in [2.24, 2.45) is 5.92 Å². The number of phenols is 1. The molecule has 1 aliphatic rings. The van der Waals surface area contributed by atoms with Crippen molar-refractivity contribution in [3.05, 3.63) is 29.6 Å². The van der Waals surface area contributed by atoms with Gasteiger partial charge in [0.05, 0.1) is 0 Å². The van der Waals surface area contributed by atoms with Crippen molar-refractivity contribution in [3.8, 4) is 5.75 Å². The van der Waals surface area contributed by atoms with Gasteiger partial charge in [-0.3, -0.25) is 4.90 Å². The molecule has 21 heavy (non-hydrogen) atoms. The Kier molecular flexibility index (Phi) is 9.22. The number of halogens is 3. The number of aromatic hydroxyl groups is 1. The highest BCUT2D eigenvalue weighted by molar-refractivity contribution is 5.85. The topological polar surface area (TPSA) is 35.5 Å². The molecule has 6 heteroatoms. The van der Waals surface area contributed by atoms with E-state index in [-0.39, 0.29) is 36.6 Å². The summed E-state index contributed by atoms with van der Waals surface area (Å²) < 4.78 is 13.6. The van der Waals surface area contributed by atoms with Crippen LogP contribution in [0.3, 0.4) is 0 Å². The second kappa shape index (κ2) is 9.46. The quantitative estimate of drug-likeness (QED) is 0.883. The monoisotopic (exact) mass is 338 g/mol. The molecule has 1 aromatic rings. The van der Waals surface area contributed by atoms with Crippen molar-refractivity contribution in [1.29, 1.82) is 0 Å². The molecule has 1 heterocycles. The smallest absolute Gasteiger partial charge is 0.165 e. The van der Waals surface area contributed by atoms with Crippen LogP contribution < -0.4 is 5.32 Å². The fourth-order valence-corrected chi connectivity index (χ4v) is 2.82. The van der Waals surface area contributed by atoms with Crippen LogP contribution in [0.5, 0.6) is 5.75 Å². The van der Waals surface area contributed by atoms with Crippen LogP contribution in [-0.2, 0) is 0 Å². The molecular weight excluding hydrogens is 314 g/mol. The van der Waals surface area contributed by atoms with Crippen molar-refractivity contribution in [2.45, 2.75) is 26.3 Å². The molecule has 1 aliphatic heterocycles. The molecule has 2 rings (SSSR count). The van der Waals surface area contributed by atoms with Gasteiger partial charge in [0, 0.05) is 37.8 Å². The number of hydrogen-bond acceptors (Lipinski definition) is 3. The minimum Gasteiger partial charge on any atom is -0.505 e. The lowest BCUT2D eigenvalue weighted by Gasteiger charge is -2.38. The minimum atomic E-state index is -0.527. The molecule has 0 aromatic heterocycles. The zero-order valence-electron chi connectivity index (χ0n) is 12.5. The molecule has 0 aliphatic carbocycles. The summed E-state index contributed by atoms with van der Waals surface area (Å²) in [6.45, 7) is 8.06. The molecule has 0 spiro atoms. The highest BCUT2D eigenvalue weighted by Gasteiger charge is 2.29. The van der Waals surface area contributed by atoms with Gasteiger partial charge >= 0.3 is 0 Å². The first-order chi connectivity index (χ1) is 9.15. The summed E-state index contributed by atoms with van der Waals surface area (Å²) in [4.78, 5) is 2.35. The highest BCUT2D eigenvalue weighted by Crippen LogP contribution is 2.36. The number of rotatable bonds is 4. The van der Waals surface area contributed by atoms with Gasteiger partial charge in [0.2, 0.25) is 0 Å². The fraction of sp³-hybridized carbons (Fsp3) is 0.600. The number of piperazine rings is 1. The SMILES string of the molecule is CCC(C)[C@H](c1cccc(F)c1O)N1CCNCC1.Cl.Cl. The predicted molar refractivity (Wildman–Crippen MR) is 89.2 cm³/mol. The summed E-state index contributed by atoms with van der Waals surface area (Å²) in [6, 6.07) is 4.92. The van der Waals surface area contributed by atoms with Crippen LogP contribution in [0.1, 0.15) is 31.9 Å². The van der Waals surface area contributed by atoms with E-state index in [9.17, 15) is 9.50 Å². The average molecular weight is 339 g/mol. The zero-order valence-corrected chi connectivity index (χ0v) is 14.1. The van der Waals surface area contributed by atoms with Crippen LogP contribution >= 0.6 is 24.8 Å². The third kappa shape index (κ3) is 4.71. The molecular formula is C15H25Cl2FN2O. The van der Waals surface area contributed by atoms with Gasteiger partial charge < -0.3 is 10.4 Å². The van der Waals surface area contributed by atoms with E-state index in [0.29, 0.717) is 5.92 Å². The molecule has 0 radical (unpaired) electrons. The van der Waals surface area contributed by atoms with Gasteiger partial charge in [-0.15, -0.1) is 24.8 Å². The molecule has 1 aromatic carbocycles.